The standard InChI is InChI=1S/C14H28N2O2/c1-15-12-7-8-18-10-11(12)9-16(2)13-5-3-4-6-14(13)17/h11-15,17H,3-10H2,1-2H3. The third-order valence-electron chi connectivity index (χ3n) is 4.63. The Labute approximate surface area is 111 Å². The molecule has 1 saturated carbocycles. The maximum atomic E-state index is 10.1. The number of aliphatic hydroxyl groups excluding tert-OH is 1. The zero-order valence-corrected chi connectivity index (χ0v) is 11.8. The lowest BCUT2D eigenvalue weighted by molar-refractivity contribution is -0.0108. The molecule has 0 radical (unpaired) electrons. The number of nitrogens with one attached hydrogen (secondary N) is 1. The second kappa shape index (κ2) is 6.85. The Morgan fingerprint density at radius 3 is 2.78 bits per heavy atom. The molecule has 1 aliphatic heterocycles. The fraction of sp³-hybridized carbons (Fsp3) is 1.00. The molecule has 1 aliphatic carbocycles. The first kappa shape index (κ1) is 14.3. The SMILES string of the molecule is CNC1CCOCC1CN(C)C1CCCCC1O. The first-order chi connectivity index (χ1) is 8.72. The monoisotopic (exact) mass is 256 g/mol. The molecule has 2 rings (SSSR count). The van der Waals surface area contributed by atoms with E-state index in [1.54, 1.807) is 0 Å². The van der Waals surface area contributed by atoms with E-state index in [4.69, 9.17) is 4.74 Å². The van der Waals surface area contributed by atoms with Crippen LogP contribution in [0.15, 0.2) is 0 Å². The van der Waals surface area contributed by atoms with Gasteiger partial charge in [0.05, 0.1) is 12.7 Å². The van der Waals surface area contributed by atoms with Gasteiger partial charge in [0.15, 0.2) is 0 Å². The summed E-state index contributed by atoms with van der Waals surface area (Å²) in [4.78, 5) is 2.35. The molecule has 0 amide bonds. The van der Waals surface area contributed by atoms with Crippen molar-refractivity contribution in [3.63, 3.8) is 0 Å². The van der Waals surface area contributed by atoms with Gasteiger partial charge >= 0.3 is 0 Å². The number of likely N-dealkylation sites (N-methyl/N-ethyl adjacent to an activating group) is 1. The van der Waals surface area contributed by atoms with Gasteiger partial charge in [0.25, 0.3) is 0 Å². The lowest BCUT2D eigenvalue weighted by atomic mass is 9.89. The van der Waals surface area contributed by atoms with Crippen molar-refractivity contribution in [1.82, 2.24) is 10.2 Å². The molecule has 2 aliphatic rings. The van der Waals surface area contributed by atoms with Gasteiger partial charge in [0.2, 0.25) is 0 Å². The molecule has 1 saturated heterocycles. The summed E-state index contributed by atoms with van der Waals surface area (Å²) >= 11 is 0. The van der Waals surface area contributed by atoms with Crippen LogP contribution in [0, 0.1) is 5.92 Å². The topological polar surface area (TPSA) is 44.7 Å². The molecule has 0 aromatic carbocycles. The Bertz CT molecular complexity index is 250. The lowest BCUT2D eigenvalue weighted by Crippen LogP contribution is -2.50. The number of rotatable bonds is 4. The number of hydrogen-bond acceptors (Lipinski definition) is 4. The Kier molecular flexibility index (Phi) is 5.42. The Morgan fingerprint density at radius 1 is 1.28 bits per heavy atom. The summed E-state index contributed by atoms with van der Waals surface area (Å²) in [6.07, 6.45) is 5.49. The summed E-state index contributed by atoms with van der Waals surface area (Å²) in [7, 11) is 4.19. The maximum absolute atomic E-state index is 10.1. The van der Waals surface area contributed by atoms with Crippen molar-refractivity contribution in [2.75, 3.05) is 33.9 Å². The van der Waals surface area contributed by atoms with Gasteiger partial charge in [-0.05, 0) is 33.4 Å². The molecule has 4 unspecified atom stereocenters. The Hall–Kier alpha value is -0.160. The fourth-order valence-electron chi connectivity index (χ4n) is 3.47. The van der Waals surface area contributed by atoms with Crippen LogP contribution in [0.5, 0.6) is 0 Å². The Morgan fingerprint density at radius 2 is 2.06 bits per heavy atom. The number of hydrogen-bond donors (Lipinski definition) is 2. The van der Waals surface area contributed by atoms with E-state index in [9.17, 15) is 5.11 Å². The maximum Gasteiger partial charge on any atom is 0.0695 e. The molecule has 0 aromatic heterocycles. The van der Waals surface area contributed by atoms with E-state index in [1.165, 1.54) is 12.8 Å². The highest BCUT2D eigenvalue weighted by Gasteiger charge is 2.31. The van der Waals surface area contributed by atoms with E-state index >= 15 is 0 Å². The van der Waals surface area contributed by atoms with E-state index in [2.05, 4.69) is 17.3 Å². The van der Waals surface area contributed by atoms with Gasteiger partial charge < -0.3 is 20.1 Å². The zero-order chi connectivity index (χ0) is 13.0. The van der Waals surface area contributed by atoms with Crippen LogP contribution in [0.4, 0.5) is 0 Å². The zero-order valence-electron chi connectivity index (χ0n) is 11.8. The summed E-state index contributed by atoms with van der Waals surface area (Å²) in [5, 5.41) is 13.5. The van der Waals surface area contributed by atoms with Gasteiger partial charge in [-0.25, -0.2) is 0 Å². The quantitative estimate of drug-likeness (QED) is 0.782. The number of ether oxygens (including phenoxy) is 1. The third kappa shape index (κ3) is 3.44. The van der Waals surface area contributed by atoms with Gasteiger partial charge in [-0.1, -0.05) is 12.8 Å². The fourth-order valence-corrected chi connectivity index (χ4v) is 3.47. The van der Waals surface area contributed by atoms with E-state index in [0.29, 0.717) is 18.0 Å². The van der Waals surface area contributed by atoms with E-state index in [0.717, 1.165) is 39.0 Å². The molecule has 4 atom stereocenters. The molecular weight excluding hydrogens is 228 g/mol. The molecule has 2 fully saturated rings. The van der Waals surface area contributed by atoms with Gasteiger partial charge in [0.1, 0.15) is 0 Å². The van der Waals surface area contributed by atoms with Gasteiger partial charge in [-0.15, -0.1) is 0 Å². The van der Waals surface area contributed by atoms with Gasteiger partial charge in [-0.2, -0.15) is 0 Å². The summed E-state index contributed by atoms with van der Waals surface area (Å²) < 4.78 is 5.60. The van der Waals surface area contributed by atoms with Crippen molar-refractivity contribution in [3.8, 4) is 0 Å². The predicted molar refractivity (Wildman–Crippen MR) is 72.7 cm³/mol. The molecule has 106 valence electrons. The van der Waals surface area contributed by atoms with Gasteiger partial charge in [0, 0.05) is 31.2 Å². The van der Waals surface area contributed by atoms with Crippen molar-refractivity contribution < 1.29 is 9.84 Å². The lowest BCUT2D eigenvalue weighted by Gasteiger charge is -2.40. The second-order valence-corrected chi connectivity index (χ2v) is 5.88. The van der Waals surface area contributed by atoms with E-state index in [1.807, 2.05) is 7.05 Å². The van der Waals surface area contributed by atoms with Crippen molar-refractivity contribution in [1.29, 1.82) is 0 Å². The Balaban J connectivity index is 1.86. The minimum Gasteiger partial charge on any atom is -0.391 e. The van der Waals surface area contributed by atoms with Crippen molar-refractivity contribution in [2.24, 2.45) is 5.92 Å². The molecule has 4 nitrogen and oxygen atoms in total. The van der Waals surface area contributed by atoms with Crippen LogP contribution >= 0.6 is 0 Å². The summed E-state index contributed by atoms with van der Waals surface area (Å²) in [5.74, 6) is 0.544. The molecule has 0 aromatic rings. The molecule has 4 heteroatoms. The van der Waals surface area contributed by atoms with Crippen LogP contribution in [0.2, 0.25) is 0 Å². The molecule has 0 spiro atoms. The second-order valence-electron chi connectivity index (χ2n) is 5.88. The van der Waals surface area contributed by atoms with E-state index in [-0.39, 0.29) is 6.10 Å². The smallest absolute Gasteiger partial charge is 0.0695 e. The highest BCUT2D eigenvalue weighted by molar-refractivity contribution is 4.86. The third-order valence-corrected chi connectivity index (χ3v) is 4.63. The van der Waals surface area contributed by atoms with Gasteiger partial charge in [-0.3, -0.25) is 0 Å². The van der Waals surface area contributed by atoms with Crippen LogP contribution in [-0.4, -0.2) is 62.0 Å². The number of nitrogens with zero attached hydrogens (tertiary/aromatic N) is 1. The minimum atomic E-state index is -0.138. The summed E-state index contributed by atoms with van der Waals surface area (Å²) in [6, 6.07) is 0.903. The average molecular weight is 256 g/mol. The van der Waals surface area contributed by atoms with Crippen LogP contribution in [0.3, 0.4) is 0 Å². The molecular formula is C14H28N2O2. The molecule has 1 heterocycles. The average Bonchev–Trinajstić information content (AvgIpc) is 2.39. The van der Waals surface area contributed by atoms with Crippen LogP contribution < -0.4 is 5.32 Å². The first-order valence-electron chi connectivity index (χ1n) is 7.35. The molecule has 0 bridgehead atoms. The highest BCUT2D eigenvalue weighted by Crippen LogP contribution is 2.24. The van der Waals surface area contributed by atoms with Crippen molar-refractivity contribution >= 4 is 0 Å². The summed E-state index contributed by atoms with van der Waals surface area (Å²) in [5.41, 5.74) is 0. The van der Waals surface area contributed by atoms with Crippen molar-refractivity contribution in [3.05, 3.63) is 0 Å². The van der Waals surface area contributed by atoms with Crippen LogP contribution in [-0.2, 0) is 4.74 Å². The molecule has 2 N–H and O–H groups in total. The first-order valence-corrected chi connectivity index (χ1v) is 7.35. The largest absolute Gasteiger partial charge is 0.391 e. The predicted octanol–water partition coefficient (Wildman–Crippen LogP) is 0.846. The van der Waals surface area contributed by atoms with Crippen LogP contribution in [0.25, 0.3) is 0 Å². The van der Waals surface area contributed by atoms with E-state index < -0.39 is 0 Å². The summed E-state index contributed by atoms with van der Waals surface area (Å²) in [6.45, 7) is 2.74. The minimum absolute atomic E-state index is 0.138. The molecule has 18 heavy (non-hydrogen) atoms. The normalized spacial score (nSPS) is 38.0. The highest BCUT2D eigenvalue weighted by atomic mass is 16.5. The van der Waals surface area contributed by atoms with Crippen molar-refractivity contribution in [2.45, 2.75) is 50.3 Å². The van der Waals surface area contributed by atoms with Crippen LogP contribution in [0.1, 0.15) is 32.1 Å². The number of aliphatic hydroxyl groups is 1.